The van der Waals surface area contributed by atoms with Gasteiger partial charge in [0.2, 0.25) is 0 Å². The fourth-order valence-corrected chi connectivity index (χ4v) is 2.52. The Hall–Kier alpha value is -1.32. The van der Waals surface area contributed by atoms with Crippen molar-refractivity contribution in [1.82, 2.24) is 0 Å². The molecule has 17 heavy (non-hydrogen) atoms. The van der Waals surface area contributed by atoms with Gasteiger partial charge >= 0.3 is 6.18 Å². The van der Waals surface area contributed by atoms with Gasteiger partial charge in [0.1, 0.15) is 5.41 Å². The molecule has 1 nitrogen and oxygen atoms in total. The Bertz CT molecular complexity index is 410. The Labute approximate surface area is 97.6 Å². The van der Waals surface area contributed by atoms with Gasteiger partial charge in [-0.15, -0.1) is 0 Å². The Morgan fingerprint density at radius 2 is 1.71 bits per heavy atom. The fraction of sp³-hybridized carbons (Fsp3) is 0.462. The van der Waals surface area contributed by atoms with Crippen LogP contribution in [-0.4, -0.2) is 12.0 Å². The molecule has 1 aliphatic rings. The number of rotatable bonds is 1. The molecule has 0 saturated heterocycles. The molecule has 1 saturated carbocycles. The number of ketones is 1. The summed E-state index contributed by atoms with van der Waals surface area (Å²) >= 11 is 0. The van der Waals surface area contributed by atoms with Crippen molar-refractivity contribution in [3.05, 3.63) is 35.9 Å². The SMILES string of the molecule is O=C1CCCCC1(c1ccccc1)C(F)(F)F. The van der Waals surface area contributed by atoms with E-state index in [1.165, 1.54) is 12.1 Å². The van der Waals surface area contributed by atoms with E-state index in [1.807, 2.05) is 0 Å². The average molecular weight is 242 g/mol. The molecule has 1 atom stereocenters. The maximum Gasteiger partial charge on any atom is 0.405 e. The Balaban J connectivity index is 2.55. The molecular weight excluding hydrogens is 229 g/mol. The molecule has 1 unspecified atom stereocenters. The van der Waals surface area contributed by atoms with Crippen molar-refractivity contribution >= 4 is 5.78 Å². The van der Waals surface area contributed by atoms with E-state index in [-0.39, 0.29) is 18.4 Å². The minimum Gasteiger partial charge on any atom is -0.298 e. The third kappa shape index (κ3) is 1.85. The number of hydrogen-bond donors (Lipinski definition) is 0. The summed E-state index contributed by atoms with van der Waals surface area (Å²) in [5, 5.41) is 0. The van der Waals surface area contributed by atoms with Gasteiger partial charge < -0.3 is 0 Å². The molecule has 1 aliphatic carbocycles. The van der Waals surface area contributed by atoms with Gasteiger partial charge in [0.15, 0.2) is 5.78 Å². The highest BCUT2D eigenvalue weighted by Crippen LogP contribution is 2.48. The van der Waals surface area contributed by atoms with Crippen molar-refractivity contribution in [2.75, 3.05) is 0 Å². The predicted octanol–water partition coefficient (Wildman–Crippen LogP) is 3.63. The molecule has 0 aromatic heterocycles. The molecule has 0 bridgehead atoms. The van der Waals surface area contributed by atoms with Gasteiger partial charge in [-0.1, -0.05) is 36.8 Å². The first-order chi connectivity index (χ1) is 7.98. The van der Waals surface area contributed by atoms with Gasteiger partial charge in [-0.05, 0) is 18.4 Å². The third-order valence-corrected chi connectivity index (χ3v) is 3.43. The van der Waals surface area contributed by atoms with Gasteiger partial charge in [0.05, 0.1) is 0 Å². The zero-order valence-corrected chi connectivity index (χ0v) is 9.26. The van der Waals surface area contributed by atoms with Gasteiger partial charge in [-0.2, -0.15) is 13.2 Å². The molecule has 0 amide bonds. The van der Waals surface area contributed by atoms with Crippen molar-refractivity contribution in [2.45, 2.75) is 37.3 Å². The van der Waals surface area contributed by atoms with Crippen LogP contribution in [0.2, 0.25) is 0 Å². The van der Waals surface area contributed by atoms with Gasteiger partial charge in [-0.25, -0.2) is 0 Å². The maximum absolute atomic E-state index is 13.3. The van der Waals surface area contributed by atoms with E-state index in [2.05, 4.69) is 0 Å². The molecule has 92 valence electrons. The van der Waals surface area contributed by atoms with E-state index < -0.39 is 17.4 Å². The third-order valence-electron chi connectivity index (χ3n) is 3.43. The molecule has 1 aromatic carbocycles. The first-order valence-electron chi connectivity index (χ1n) is 5.64. The van der Waals surface area contributed by atoms with Crippen molar-refractivity contribution in [3.8, 4) is 0 Å². The summed E-state index contributed by atoms with van der Waals surface area (Å²) in [6, 6.07) is 7.55. The highest BCUT2D eigenvalue weighted by Gasteiger charge is 2.60. The van der Waals surface area contributed by atoms with E-state index in [0.29, 0.717) is 12.8 Å². The molecule has 0 heterocycles. The van der Waals surface area contributed by atoms with E-state index in [0.717, 1.165) is 0 Å². The van der Waals surface area contributed by atoms with Crippen LogP contribution in [0.3, 0.4) is 0 Å². The van der Waals surface area contributed by atoms with Crippen LogP contribution >= 0.6 is 0 Å². The number of carbonyl (C=O) groups is 1. The van der Waals surface area contributed by atoms with Crippen LogP contribution in [-0.2, 0) is 10.2 Å². The molecule has 0 N–H and O–H groups in total. The number of hydrogen-bond acceptors (Lipinski definition) is 1. The minimum atomic E-state index is -4.51. The Morgan fingerprint density at radius 1 is 1.06 bits per heavy atom. The molecule has 2 rings (SSSR count). The zero-order valence-electron chi connectivity index (χ0n) is 9.26. The van der Waals surface area contributed by atoms with Gasteiger partial charge in [-0.3, -0.25) is 4.79 Å². The minimum absolute atomic E-state index is 0.0222. The largest absolute Gasteiger partial charge is 0.405 e. The first-order valence-corrected chi connectivity index (χ1v) is 5.64. The second kappa shape index (κ2) is 4.17. The smallest absolute Gasteiger partial charge is 0.298 e. The van der Waals surface area contributed by atoms with Crippen LogP contribution in [0, 0.1) is 0 Å². The number of benzene rings is 1. The lowest BCUT2D eigenvalue weighted by Crippen LogP contribution is -2.50. The number of halogens is 3. The van der Waals surface area contributed by atoms with Gasteiger partial charge in [0, 0.05) is 6.42 Å². The van der Waals surface area contributed by atoms with Crippen LogP contribution in [0.4, 0.5) is 13.2 Å². The summed E-state index contributed by atoms with van der Waals surface area (Å²) in [4.78, 5) is 11.8. The van der Waals surface area contributed by atoms with Crippen molar-refractivity contribution < 1.29 is 18.0 Å². The highest BCUT2D eigenvalue weighted by molar-refractivity contribution is 5.91. The number of alkyl halides is 3. The van der Waals surface area contributed by atoms with Crippen LogP contribution in [0.15, 0.2) is 30.3 Å². The summed E-state index contributed by atoms with van der Waals surface area (Å²) in [7, 11) is 0. The molecule has 0 radical (unpaired) electrons. The lowest BCUT2D eigenvalue weighted by molar-refractivity contribution is -0.198. The van der Waals surface area contributed by atoms with E-state index in [9.17, 15) is 18.0 Å². The Morgan fingerprint density at radius 3 is 2.24 bits per heavy atom. The summed E-state index contributed by atoms with van der Waals surface area (Å²) in [6.07, 6.45) is -3.61. The first kappa shape index (κ1) is 12.1. The van der Waals surface area contributed by atoms with E-state index in [4.69, 9.17) is 0 Å². The Kier molecular flexibility index (Phi) is 2.98. The summed E-state index contributed by atoms with van der Waals surface area (Å²) in [5.41, 5.74) is -2.19. The quantitative estimate of drug-likeness (QED) is 0.735. The highest BCUT2D eigenvalue weighted by atomic mass is 19.4. The van der Waals surface area contributed by atoms with Crippen molar-refractivity contribution in [2.24, 2.45) is 0 Å². The van der Waals surface area contributed by atoms with E-state index >= 15 is 0 Å². The second-order valence-corrected chi connectivity index (χ2v) is 4.40. The zero-order chi connectivity index (χ0) is 12.5. The number of carbonyl (C=O) groups excluding carboxylic acids is 1. The lowest BCUT2D eigenvalue weighted by atomic mass is 9.68. The van der Waals surface area contributed by atoms with Crippen molar-refractivity contribution in [1.29, 1.82) is 0 Å². The number of Topliss-reactive ketones (excluding diaryl/α,β-unsaturated/α-hetero) is 1. The molecule has 0 aliphatic heterocycles. The standard InChI is InChI=1S/C13H13F3O/c14-13(15,16)12(9-5-4-8-11(12)17)10-6-2-1-3-7-10/h1-3,6-7H,4-5,8-9H2. The average Bonchev–Trinajstić information content (AvgIpc) is 2.29. The van der Waals surface area contributed by atoms with Crippen molar-refractivity contribution in [3.63, 3.8) is 0 Å². The molecule has 4 heteroatoms. The molecule has 1 fully saturated rings. The van der Waals surface area contributed by atoms with Crippen LogP contribution in [0.1, 0.15) is 31.2 Å². The molecular formula is C13H13F3O. The predicted molar refractivity (Wildman–Crippen MR) is 57.7 cm³/mol. The van der Waals surface area contributed by atoms with Crippen LogP contribution in [0.5, 0.6) is 0 Å². The van der Waals surface area contributed by atoms with Gasteiger partial charge in [0.25, 0.3) is 0 Å². The monoisotopic (exact) mass is 242 g/mol. The molecule has 0 spiro atoms. The lowest BCUT2D eigenvalue weighted by Gasteiger charge is -2.37. The fourth-order valence-electron chi connectivity index (χ4n) is 2.52. The van der Waals surface area contributed by atoms with E-state index in [1.54, 1.807) is 18.2 Å². The summed E-state index contributed by atoms with van der Waals surface area (Å²) in [6.45, 7) is 0. The topological polar surface area (TPSA) is 17.1 Å². The normalized spacial score (nSPS) is 25.9. The summed E-state index contributed by atoms with van der Waals surface area (Å²) in [5.74, 6) is -0.692. The van der Waals surface area contributed by atoms with Crippen LogP contribution in [0.25, 0.3) is 0 Å². The maximum atomic E-state index is 13.3. The molecule has 1 aromatic rings. The summed E-state index contributed by atoms with van der Waals surface area (Å²) < 4.78 is 39.9. The second-order valence-electron chi connectivity index (χ2n) is 4.40. The van der Waals surface area contributed by atoms with Crippen LogP contribution < -0.4 is 0 Å².